The minimum atomic E-state index is -1.58. The van der Waals surface area contributed by atoms with Crippen molar-refractivity contribution in [1.82, 2.24) is 15.1 Å². The van der Waals surface area contributed by atoms with E-state index in [1.54, 1.807) is 30.6 Å². The number of amides is 3. The molecule has 9 nitrogen and oxygen atoms in total. The number of nitrogens with zero attached hydrogens (tertiary/aromatic N) is 2. The molecule has 2 heterocycles. The van der Waals surface area contributed by atoms with E-state index in [-0.39, 0.29) is 30.9 Å². The van der Waals surface area contributed by atoms with E-state index < -0.39 is 41.0 Å². The van der Waals surface area contributed by atoms with E-state index in [0.29, 0.717) is 13.0 Å². The highest BCUT2D eigenvalue weighted by Gasteiger charge is 2.57. The van der Waals surface area contributed by atoms with Crippen LogP contribution in [0.2, 0.25) is 0 Å². The monoisotopic (exact) mass is 597 g/mol. The molecule has 228 valence electrons. The first-order valence-corrected chi connectivity index (χ1v) is 15.6. The van der Waals surface area contributed by atoms with Crippen LogP contribution < -0.4 is 5.32 Å². The molecular weight excluding hydrogens is 554 g/mol. The van der Waals surface area contributed by atoms with Crippen LogP contribution in [0, 0.1) is 6.92 Å². The van der Waals surface area contributed by atoms with E-state index in [2.05, 4.69) is 11.4 Å². The molecule has 42 heavy (non-hydrogen) atoms. The molecule has 3 amide bonds. The third kappa shape index (κ3) is 7.10. The average molecular weight is 598 g/mol. The van der Waals surface area contributed by atoms with Gasteiger partial charge in [0.25, 0.3) is 5.91 Å². The van der Waals surface area contributed by atoms with Crippen LogP contribution >= 0.6 is 11.8 Å². The van der Waals surface area contributed by atoms with Crippen molar-refractivity contribution in [2.45, 2.75) is 82.0 Å². The van der Waals surface area contributed by atoms with E-state index >= 15 is 0 Å². The van der Waals surface area contributed by atoms with Crippen LogP contribution in [0.1, 0.15) is 56.3 Å². The third-order valence-corrected chi connectivity index (χ3v) is 9.60. The molecule has 2 N–H and O–H groups in total. The number of alkyl carbamates (subject to hydrolysis) is 1. The molecule has 10 heteroatoms. The predicted molar refractivity (Wildman–Crippen MR) is 163 cm³/mol. The number of carbonyl (C=O) groups is 3. The number of thioether (sulfide) groups is 1. The van der Waals surface area contributed by atoms with Gasteiger partial charge in [0.2, 0.25) is 5.91 Å². The number of likely N-dealkylation sites (N-methyl/N-ethyl adjacent to an activating group) is 1. The fraction of sp³-hybridized carbons (Fsp3) is 0.531. The first-order valence-electron chi connectivity index (χ1n) is 14.6. The molecule has 6 atom stereocenters. The Hall–Kier alpha value is -3.08. The number of hydrogen-bond acceptors (Lipinski definition) is 7. The lowest BCUT2D eigenvalue weighted by Crippen LogP contribution is -2.62. The van der Waals surface area contributed by atoms with Gasteiger partial charge in [-0.15, -0.1) is 11.8 Å². The Balaban J connectivity index is 1.51. The molecule has 2 aliphatic rings. The van der Waals surface area contributed by atoms with Crippen LogP contribution in [0.3, 0.4) is 0 Å². The number of rotatable bonds is 11. The van der Waals surface area contributed by atoms with Crippen molar-refractivity contribution in [3.8, 4) is 0 Å². The highest BCUT2D eigenvalue weighted by molar-refractivity contribution is 8.01. The van der Waals surface area contributed by atoms with Gasteiger partial charge in [0.05, 0.1) is 24.6 Å². The van der Waals surface area contributed by atoms with Gasteiger partial charge in [0.15, 0.2) is 6.10 Å². The van der Waals surface area contributed by atoms with Gasteiger partial charge in [-0.1, -0.05) is 61.5 Å². The molecule has 2 aromatic rings. The molecule has 2 aliphatic heterocycles. The van der Waals surface area contributed by atoms with Crippen molar-refractivity contribution in [3.05, 3.63) is 71.3 Å². The van der Waals surface area contributed by atoms with E-state index in [0.717, 1.165) is 23.1 Å². The van der Waals surface area contributed by atoms with Gasteiger partial charge in [-0.25, -0.2) is 4.79 Å². The van der Waals surface area contributed by atoms with E-state index in [1.807, 2.05) is 69.3 Å². The van der Waals surface area contributed by atoms with Crippen molar-refractivity contribution >= 4 is 29.7 Å². The minimum absolute atomic E-state index is 0.113. The number of ether oxygens (including phenoxy) is 2. The fourth-order valence-corrected chi connectivity index (χ4v) is 7.22. The fourth-order valence-electron chi connectivity index (χ4n) is 5.85. The second-order valence-corrected chi connectivity index (χ2v) is 13.0. The SMILES string of the molecule is CCCOCC(C)OC(=O)N[C@@H](Cc1ccccc1)[C@H](O)C(=O)N1CSC2(C)CC(c3ccccc3C)N(C)C(=O)[C@@H]12. The lowest BCUT2D eigenvalue weighted by atomic mass is 9.82. The summed E-state index contributed by atoms with van der Waals surface area (Å²) in [5.41, 5.74) is 3.05. The number of carbonyl (C=O) groups excluding carboxylic acids is 3. The Kier molecular flexibility index (Phi) is 10.6. The largest absolute Gasteiger partial charge is 0.444 e. The number of fused-ring (bicyclic) bond motifs is 1. The van der Waals surface area contributed by atoms with Crippen LogP contribution in [0.25, 0.3) is 0 Å². The Morgan fingerprint density at radius 2 is 1.86 bits per heavy atom. The average Bonchev–Trinajstić information content (AvgIpc) is 3.32. The van der Waals surface area contributed by atoms with Crippen molar-refractivity contribution < 1.29 is 29.0 Å². The van der Waals surface area contributed by atoms with Gasteiger partial charge in [0.1, 0.15) is 12.1 Å². The molecule has 2 aromatic carbocycles. The first kappa shape index (κ1) is 31.8. The second-order valence-electron chi connectivity index (χ2n) is 11.5. The van der Waals surface area contributed by atoms with Gasteiger partial charge in [-0.2, -0.15) is 0 Å². The molecular formula is C32H43N3O6S. The van der Waals surface area contributed by atoms with E-state index in [9.17, 15) is 19.5 Å². The van der Waals surface area contributed by atoms with Crippen LogP contribution in [0.15, 0.2) is 54.6 Å². The summed E-state index contributed by atoms with van der Waals surface area (Å²) < 4.78 is 10.4. The zero-order valence-corrected chi connectivity index (χ0v) is 25.9. The standard InChI is InChI=1S/C32H43N3O6S/c1-6-16-40-19-22(3)41-31(39)33-25(17-23-13-8-7-9-14-23)27(36)29(37)35-20-42-32(4)18-26(34(5)30(38)28(32)35)24-15-11-10-12-21(24)2/h7-15,22,25-28,36H,6,16-20H2,1-5H3,(H,33,39)/t22?,25-,26?,27-,28+,32?/m0/s1. The van der Waals surface area contributed by atoms with Crippen molar-refractivity contribution in [2.75, 3.05) is 26.1 Å². The molecule has 2 saturated heterocycles. The number of aliphatic hydroxyl groups excluding tert-OH is 1. The number of hydrogen-bond donors (Lipinski definition) is 2. The lowest BCUT2D eigenvalue weighted by Gasteiger charge is -2.46. The molecule has 3 unspecified atom stereocenters. The summed E-state index contributed by atoms with van der Waals surface area (Å²) >= 11 is 1.56. The highest BCUT2D eigenvalue weighted by Crippen LogP contribution is 2.51. The maximum atomic E-state index is 13.9. The summed E-state index contributed by atoms with van der Waals surface area (Å²) in [6.45, 7) is 8.59. The normalized spacial score (nSPS) is 24.1. The van der Waals surface area contributed by atoms with Gasteiger partial charge < -0.3 is 29.7 Å². The zero-order valence-electron chi connectivity index (χ0n) is 25.1. The van der Waals surface area contributed by atoms with Gasteiger partial charge in [0, 0.05) is 18.4 Å². The van der Waals surface area contributed by atoms with Crippen LogP contribution in [-0.4, -0.2) is 88.0 Å². The Morgan fingerprint density at radius 1 is 1.17 bits per heavy atom. The van der Waals surface area contributed by atoms with Crippen LogP contribution in [-0.2, 0) is 25.5 Å². The number of aryl methyl sites for hydroxylation is 1. The highest BCUT2D eigenvalue weighted by atomic mass is 32.2. The Labute approximate surface area is 252 Å². The molecule has 0 aliphatic carbocycles. The smallest absolute Gasteiger partial charge is 0.407 e. The molecule has 4 rings (SSSR count). The van der Waals surface area contributed by atoms with Gasteiger partial charge in [-0.3, -0.25) is 9.59 Å². The van der Waals surface area contributed by atoms with E-state index in [1.165, 1.54) is 4.90 Å². The maximum Gasteiger partial charge on any atom is 0.407 e. The lowest BCUT2D eigenvalue weighted by molar-refractivity contribution is -0.154. The number of likely N-dealkylation sites (tertiary alicyclic amines) is 1. The van der Waals surface area contributed by atoms with E-state index in [4.69, 9.17) is 9.47 Å². The van der Waals surface area contributed by atoms with Crippen LogP contribution in [0.4, 0.5) is 4.79 Å². The molecule has 0 radical (unpaired) electrons. The molecule has 0 spiro atoms. The third-order valence-electron chi connectivity index (χ3n) is 8.15. The minimum Gasteiger partial charge on any atom is -0.444 e. The topological polar surface area (TPSA) is 108 Å². The van der Waals surface area contributed by atoms with Crippen molar-refractivity contribution in [3.63, 3.8) is 0 Å². The Morgan fingerprint density at radius 3 is 2.55 bits per heavy atom. The summed E-state index contributed by atoms with van der Waals surface area (Å²) in [7, 11) is 1.78. The second kappa shape index (κ2) is 13.9. The maximum absolute atomic E-state index is 13.9. The Bertz CT molecular complexity index is 1250. The molecule has 0 aromatic heterocycles. The van der Waals surface area contributed by atoms with Gasteiger partial charge >= 0.3 is 6.09 Å². The number of aliphatic hydroxyl groups is 1. The zero-order chi connectivity index (χ0) is 30.4. The summed E-state index contributed by atoms with van der Waals surface area (Å²) in [5, 5.41) is 14.1. The molecule has 0 saturated carbocycles. The van der Waals surface area contributed by atoms with Crippen LogP contribution in [0.5, 0.6) is 0 Å². The molecule has 2 fully saturated rings. The summed E-state index contributed by atoms with van der Waals surface area (Å²) in [4.78, 5) is 43.8. The number of piperidine rings is 1. The van der Waals surface area contributed by atoms with Crippen molar-refractivity contribution in [2.24, 2.45) is 0 Å². The summed E-state index contributed by atoms with van der Waals surface area (Å²) in [5.74, 6) is -0.478. The number of nitrogens with one attached hydrogen (secondary N) is 1. The first-order chi connectivity index (χ1) is 20.1. The predicted octanol–water partition coefficient (Wildman–Crippen LogP) is 4.07. The molecule has 0 bridgehead atoms. The summed E-state index contributed by atoms with van der Waals surface area (Å²) in [6, 6.07) is 15.6. The quantitative estimate of drug-likeness (QED) is 0.376. The van der Waals surface area contributed by atoms with Crippen molar-refractivity contribution in [1.29, 1.82) is 0 Å². The number of benzene rings is 2. The summed E-state index contributed by atoms with van der Waals surface area (Å²) in [6.07, 6.45) is -1.10. The van der Waals surface area contributed by atoms with Gasteiger partial charge in [-0.05, 0) is 56.7 Å².